The van der Waals surface area contributed by atoms with Crippen molar-refractivity contribution in [1.82, 2.24) is 0 Å². The topological polar surface area (TPSA) is 0 Å². The van der Waals surface area contributed by atoms with Crippen LogP contribution in [-0.2, 0) is 5.33 Å². The minimum atomic E-state index is 0.794. The van der Waals surface area contributed by atoms with Gasteiger partial charge in [0, 0.05) is 19.9 Å². The monoisotopic (exact) mass is 336 g/mol. The lowest BCUT2D eigenvalue weighted by Crippen LogP contribution is -1.79. The third kappa shape index (κ3) is 2.09. The van der Waals surface area contributed by atoms with E-state index in [1.54, 1.807) is 0 Å². The van der Waals surface area contributed by atoms with Crippen LogP contribution < -0.4 is 0 Å². The van der Waals surface area contributed by atoms with E-state index in [0.717, 1.165) is 10.4 Å². The van der Waals surface area contributed by atoms with Crippen LogP contribution in [0.15, 0.2) is 48.5 Å². The van der Waals surface area contributed by atoms with Crippen molar-refractivity contribution < 1.29 is 0 Å². The van der Waals surface area contributed by atoms with Crippen LogP contribution in [0, 0.1) is 0 Å². The molecule has 1 aromatic heterocycles. The van der Waals surface area contributed by atoms with Crippen LogP contribution in [0.3, 0.4) is 0 Å². The van der Waals surface area contributed by atoms with Gasteiger partial charge in [-0.25, -0.2) is 0 Å². The van der Waals surface area contributed by atoms with Crippen LogP contribution in [0.25, 0.3) is 20.5 Å². The van der Waals surface area contributed by atoms with Crippen molar-refractivity contribution in [1.29, 1.82) is 0 Å². The lowest BCUT2D eigenvalue weighted by molar-refractivity contribution is 1.53. The summed E-state index contributed by atoms with van der Waals surface area (Å²) in [6.45, 7) is 0. The molecule has 0 nitrogen and oxygen atoms in total. The molecule has 0 aliphatic rings. The summed E-state index contributed by atoms with van der Waals surface area (Å²) < 4.78 is 1.28. The molecular formula is C15H10BrClS. The van der Waals surface area contributed by atoms with E-state index >= 15 is 0 Å². The maximum atomic E-state index is 6.09. The second kappa shape index (κ2) is 5.04. The molecule has 90 valence electrons. The fourth-order valence-electron chi connectivity index (χ4n) is 2.08. The molecule has 0 N–H and O–H groups in total. The van der Waals surface area contributed by atoms with Crippen molar-refractivity contribution in [3.05, 3.63) is 59.1 Å². The first-order valence-electron chi connectivity index (χ1n) is 5.62. The highest BCUT2D eigenvalue weighted by atomic mass is 79.9. The van der Waals surface area contributed by atoms with E-state index in [1.165, 1.54) is 26.1 Å². The van der Waals surface area contributed by atoms with Crippen molar-refractivity contribution >= 4 is 49.0 Å². The zero-order chi connectivity index (χ0) is 12.5. The third-order valence-corrected chi connectivity index (χ3v) is 4.98. The number of rotatable bonds is 2. The molecule has 0 bridgehead atoms. The lowest BCUT2D eigenvalue weighted by Gasteiger charge is -2.01. The van der Waals surface area contributed by atoms with Crippen LogP contribution >= 0.6 is 38.9 Å². The molecule has 3 aromatic rings. The standard InChI is InChI=1S/C15H10BrClS/c16-9-13-12-8-11(17)6-7-14(12)18-15(13)10-4-2-1-3-5-10/h1-8H,9H2. The Bertz CT molecular complexity index is 688. The molecule has 18 heavy (non-hydrogen) atoms. The average molecular weight is 338 g/mol. The molecule has 0 aliphatic carbocycles. The molecule has 0 amide bonds. The Morgan fingerprint density at radius 2 is 1.83 bits per heavy atom. The van der Waals surface area contributed by atoms with Gasteiger partial charge in [0.05, 0.1) is 0 Å². The first-order chi connectivity index (χ1) is 8.79. The highest BCUT2D eigenvalue weighted by molar-refractivity contribution is 9.08. The third-order valence-electron chi connectivity index (χ3n) is 2.92. The summed E-state index contributed by atoms with van der Waals surface area (Å²) in [6.07, 6.45) is 0. The van der Waals surface area contributed by atoms with Gasteiger partial charge >= 0.3 is 0 Å². The number of fused-ring (bicyclic) bond motifs is 1. The van der Waals surface area contributed by atoms with E-state index in [0.29, 0.717) is 0 Å². The van der Waals surface area contributed by atoms with Gasteiger partial charge in [-0.1, -0.05) is 57.9 Å². The number of hydrogen-bond acceptors (Lipinski definition) is 1. The van der Waals surface area contributed by atoms with E-state index in [1.807, 2.05) is 23.5 Å². The largest absolute Gasteiger partial charge is 0.135 e. The second-order valence-corrected chi connectivity index (χ2v) is 6.10. The Morgan fingerprint density at radius 3 is 2.56 bits per heavy atom. The first kappa shape index (κ1) is 12.2. The van der Waals surface area contributed by atoms with Gasteiger partial charge in [-0.15, -0.1) is 11.3 Å². The molecule has 3 rings (SSSR count). The summed E-state index contributed by atoms with van der Waals surface area (Å²) in [5, 5.41) is 2.89. The molecule has 1 heterocycles. The van der Waals surface area contributed by atoms with Crippen molar-refractivity contribution in [2.75, 3.05) is 0 Å². The van der Waals surface area contributed by atoms with E-state index in [2.05, 4.69) is 52.3 Å². The molecule has 0 spiro atoms. The van der Waals surface area contributed by atoms with Crippen molar-refractivity contribution in [2.45, 2.75) is 5.33 Å². The number of hydrogen-bond donors (Lipinski definition) is 0. The molecule has 0 atom stereocenters. The van der Waals surface area contributed by atoms with Crippen LogP contribution in [0.4, 0.5) is 0 Å². The number of halogens is 2. The average Bonchev–Trinajstić information content (AvgIpc) is 2.77. The van der Waals surface area contributed by atoms with Gasteiger partial charge in [-0.3, -0.25) is 0 Å². The predicted molar refractivity (Wildman–Crippen MR) is 84.9 cm³/mol. The second-order valence-electron chi connectivity index (χ2n) is 4.05. The van der Waals surface area contributed by atoms with Crippen molar-refractivity contribution in [2.24, 2.45) is 0 Å². The maximum absolute atomic E-state index is 6.09. The molecule has 0 saturated carbocycles. The number of thiophene rings is 1. The lowest BCUT2D eigenvalue weighted by atomic mass is 10.1. The van der Waals surface area contributed by atoms with Gasteiger partial charge in [-0.05, 0) is 34.7 Å². The molecule has 0 fully saturated rings. The summed E-state index contributed by atoms with van der Waals surface area (Å²) in [5.74, 6) is 0. The van der Waals surface area contributed by atoms with E-state index < -0.39 is 0 Å². The molecule has 3 heteroatoms. The van der Waals surface area contributed by atoms with Crippen molar-refractivity contribution in [3.8, 4) is 10.4 Å². The Hall–Kier alpha value is -0.830. The Labute approximate surface area is 123 Å². The molecule has 0 unspecified atom stereocenters. The van der Waals surface area contributed by atoms with Gasteiger partial charge in [0.15, 0.2) is 0 Å². The van der Waals surface area contributed by atoms with Gasteiger partial charge in [0.1, 0.15) is 0 Å². The summed E-state index contributed by atoms with van der Waals surface area (Å²) in [4.78, 5) is 1.32. The number of alkyl halides is 1. The normalized spacial score (nSPS) is 11.0. The fourth-order valence-corrected chi connectivity index (χ4v) is 4.22. The smallest absolute Gasteiger partial charge is 0.0413 e. The molecule has 2 aromatic carbocycles. The van der Waals surface area contributed by atoms with Crippen LogP contribution in [0.5, 0.6) is 0 Å². The maximum Gasteiger partial charge on any atom is 0.0413 e. The zero-order valence-electron chi connectivity index (χ0n) is 9.49. The van der Waals surface area contributed by atoms with Gasteiger partial charge in [-0.2, -0.15) is 0 Å². The molecule has 0 saturated heterocycles. The Kier molecular flexibility index (Phi) is 3.42. The van der Waals surface area contributed by atoms with Crippen LogP contribution in [-0.4, -0.2) is 0 Å². The van der Waals surface area contributed by atoms with Crippen LogP contribution in [0.1, 0.15) is 5.56 Å². The van der Waals surface area contributed by atoms with Gasteiger partial charge in [0.25, 0.3) is 0 Å². The molecule has 0 radical (unpaired) electrons. The number of benzene rings is 2. The fraction of sp³-hybridized carbons (Fsp3) is 0.0667. The molecule has 0 aliphatic heterocycles. The highest BCUT2D eigenvalue weighted by Crippen LogP contribution is 2.40. The summed E-state index contributed by atoms with van der Waals surface area (Å²) in [5.41, 5.74) is 2.59. The zero-order valence-corrected chi connectivity index (χ0v) is 12.6. The summed E-state index contributed by atoms with van der Waals surface area (Å²) in [6, 6.07) is 16.6. The summed E-state index contributed by atoms with van der Waals surface area (Å²) in [7, 11) is 0. The molecular weight excluding hydrogens is 328 g/mol. The van der Waals surface area contributed by atoms with Crippen LogP contribution in [0.2, 0.25) is 5.02 Å². The minimum Gasteiger partial charge on any atom is -0.135 e. The van der Waals surface area contributed by atoms with Gasteiger partial charge in [0.2, 0.25) is 0 Å². The Balaban J connectivity index is 2.30. The van der Waals surface area contributed by atoms with Gasteiger partial charge < -0.3 is 0 Å². The van der Waals surface area contributed by atoms with E-state index in [-0.39, 0.29) is 0 Å². The Morgan fingerprint density at radius 1 is 1.06 bits per heavy atom. The predicted octanol–water partition coefficient (Wildman–Crippen LogP) is 6.12. The highest BCUT2D eigenvalue weighted by Gasteiger charge is 2.12. The first-order valence-corrected chi connectivity index (χ1v) is 7.93. The van der Waals surface area contributed by atoms with Crippen molar-refractivity contribution in [3.63, 3.8) is 0 Å². The summed E-state index contributed by atoms with van der Waals surface area (Å²) >= 11 is 11.5. The minimum absolute atomic E-state index is 0.794. The quantitative estimate of drug-likeness (QED) is 0.494. The van der Waals surface area contributed by atoms with E-state index in [9.17, 15) is 0 Å². The van der Waals surface area contributed by atoms with E-state index in [4.69, 9.17) is 11.6 Å². The SMILES string of the molecule is Clc1ccc2sc(-c3ccccc3)c(CBr)c2c1.